The first-order chi connectivity index (χ1) is 15.3. The predicted molar refractivity (Wildman–Crippen MR) is 113 cm³/mol. The number of nitrogens with zero attached hydrogens (tertiary/aromatic N) is 1. The molecule has 176 valence electrons. The van der Waals surface area contributed by atoms with Crippen molar-refractivity contribution in [2.24, 2.45) is 0 Å². The van der Waals surface area contributed by atoms with Gasteiger partial charge in [-0.1, -0.05) is 24.6 Å². The van der Waals surface area contributed by atoms with Crippen LogP contribution in [-0.4, -0.2) is 29.7 Å². The number of benzene rings is 2. The molecule has 0 aliphatic rings. The number of carbonyl (C=O) groups is 1. The molecule has 0 saturated heterocycles. The van der Waals surface area contributed by atoms with E-state index in [1.165, 1.54) is 13.0 Å². The van der Waals surface area contributed by atoms with Crippen LogP contribution < -0.4 is 10.5 Å². The summed E-state index contributed by atoms with van der Waals surface area (Å²) in [5, 5.41) is 14.4. The first kappa shape index (κ1) is 24.6. The zero-order valence-electron chi connectivity index (χ0n) is 17.4. The van der Waals surface area contributed by atoms with Crippen LogP contribution in [0.25, 0.3) is 0 Å². The third-order valence-electron chi connectivity index (χ3n) is 5.23. The fourth-order valence-electron chi connectivity index (χ4n) is 3.42. The van der Waals surface area contributed by atoms with Crippen molar-refractivity contribution < 1.29 is 31.5 Å². The number of hydrogen-bond donors (Lipinski definition) is 3. The van der Waals surface area contributed by atoms with Gasteiger partial charge < -0.3 is 9.52 Å². The van der Waals surface area contributed by atoms with E-state index in [2.05, 4.69) is 9.82 Å². The number of H-pyrrole nitrogens is 1. The molecule has 0 radical (unpaired) electrons. The molecule has 0 saturated carbocycles. The molecule has 0 fully saturated rings. The molecule has 0 spiro atoms. The van der Waals surface area contributed by atoms with Crippen LogP contribution in [0.1, 0.15) is 51.8 Å². The number of halogens is 3. The molecule has 3 rings (SSSR count). The van der Waals surface area contributed by atoms with Crippen molar-refractivity contribution in [2.45, 2.75) is 37.6 Å². The molecule has 0 amide bonds. The number of carboxylic acid groups (broad SMARTS) is 1. The zero-order chi connectivity index (χ0) is 24.7. The number of sulfonamides is 1. The van der Waals surface area contributed by atoms with Gasteiger partial charge in [0.25, 0.3) is 0 Å². The number of aryl methyl sites for hydroxylation is 1. The number of aromatic nitrogens is 2. The number of carboxylic acids is 1. The van der Waals surface area contributed by atoms with Gasteiger partial charge in [0.15, 0.2) is 0 Å². The molecule has 1 heterocycles. The second-order valence-electron chi connectivity index (χ2n) is 7.31. The Morgan fingerprint density at radius 1 is 1.24 bits per heavy atom. The molecule has 3 aromatic rings. The first-order valence-corrected chi connectivity index (χ1v) is 11.2. The highest BCUT2D eigenvalue weighted by molar-refractivity contribution is 7.89. The Morgan fingerprint density at radius 2 is 1.91 bits per heavy atom. The second-order valence-corrected chi connectivity index (χ2v) is 9.40. The lowest BCUT2D eigenvalue weighted by Gasteiger charge is -2.25. The van der Waals surface area contributed by atoms with Gasteiger partial charge >= 0.3 is 11.7 Å². The van der Waals surface area contributed by atoms with Crippen LogP contribution in [0.15, 0.2) is 38.4 Å². The molecule has 2 aromatic carbocycles. The third kappa shape index (κ3) is 4.82. The molecule has 0 aliphatic carbocycles. The average Bonchev–Trinajstić information content (AvgIpc) is 3.16. The quantitative estimate of drug-likeness (QED) is 0.450. The van der Waals surface area contributed by atoms with Gasteiger partial charge in [-0.3, -0.25) is 0 Å². The van der Waals surface area contributed by atoms with E-state index in [-0.39, 0.29) is 5.56 Å². The van der Waals surface area contributed by atoms with E-state index in [9.17, 15) is 31.9 Å². The van der Waals surface area contributed by atoms with Crippen molar-refractivity contribution >= 4 is 27.6 Å². The van der Waals surface area contributed by atoms with Crippen LogP contribution in [-0.2, 0) is 10.0 Å². The van der Waals surface area contributed by atoms with Gasteiger partial charge in [0, 0.05) is 5.92 Å². The van der Waals surface area contributed by atoms with Gasteiger partial charge in [-0.05, 0) is 48.7 Å². The highest BCUT2D eigenvalue weighted by atomic mass is 35.5. The Balaban J connectivity index is 2.17. The Bertz CT molecular complexity index is 1400. The summed E-state index contributed by atoms with van der Waals surface area (Å²) < 4.78 is 62.2. The minimum Gasteiger partial charge on any atom is -0.478 e. The number of nitrogens with one attached hydrogen (secondary N) is 2. The lowest BCUT2D eigenvalue weighted by atomic mass is 9.88. The lowest BCUT2D eigenvalue weighted by Crippen LogP contribution is -2.34. The largest absolute Gasteiger partial charge is 0.478 e. The van der Waals surface area contributed by atoms with Crippen LogP contribution in [0.4, 0.5) is 8.78 Å². The number of hydrogen-bond acceptors (Lipinski definition) is 6. The molecule has 9 nitrogen and oxygen atoms in total. The Hall–Kier alpha value is -3.09. The van der Waals surface area contributed by atoms with Gasteiger partial charge in [-0.25, -0.2) is 31.9 Å². The smallest absolute Gasteiger partial charge is 0.434 e. The number of aromatic carboxylic acids is 1. The summed E-state index contributed by atoms with van der Waals surface area (Å²) in [6, 6.07) is 2.40. The van der Waals surface area contributed by atoms with Gasteiger partial charge in [0.05, 0.1) is 15.5 Å². The van der Waals surface area contributed by atoms with Crippen molar-refractivity contribution in [2.75, 3.05) is 0 Å². The summed E-state index contributed by atoms with van der Waals surface area (Å²) in [5.41, 5.74) is 0.570. The van der Waals surface area contributed by atoms with Gasteiger partial charge in [-0.2, -0.15) is 4.72 Å². The fourth-order valence-corrected chi connectivity index (χ4v) is 5.04. The van der Waals surface area contributed by atoms with Crippen molar-refractivity contribution in [3.63, 3.8) is 0 Å². The van der Waals surface area contributed by atoms with Crippen molar-refractivity contribution in [1.29, 1.82) is 0 Å². The SMILES string of the molecule is Cc1ccc(F)c([C@@H](C)[C@H](NS(=O)(=O)c2cc(F)c(Cl)cc2C(=O)O)c2n[nH]c(=O)o2)c1C. The van der Waals surface area contributed by atoms with E-state index < -0.39 is 66.7 Å². The minimum atomic E-state index is -4.77. The minimum absolute atomic E-state index is 0.120. The van der Waals surface area contributed by atoms with Crippen LogP contribution >= 0.6 is 11.6 Å². The summed E-state index contributed by atoms with van der Waals surface area (Å²) in [4.78, 5) is 22.2. The molecule has 13 heteroatoms. The summed E-state index contributed by atoms with van der Waals surface area (Å²) >= 11 is 5.61. The normalized spacial score (nSPS) is 13.6. The second kappa shape index (κ2) is 9.04. The van der Waals surface area contributed by atoms with Crippen LogP contribution in [0.2, 0.25) is 5.02 Å². The molecular formula is C20H18ClF2N3O6S. The highest BCUT2D eigenvalue weighted by Gasteiger charge is 2.35. The van der Waals surface area contributed by atoms with E-state index in [1.54, 1.807) is 19.9 Å². The maximum Gasteiger partial charge on any atom is 0.434 e. The summed E-state index contributed by atoms with van der Waals surface area (Å²) in [5.74, 6) is -5.89. The van der Waals surface area contributed by atoms with E-state index in [4.69, 9.17) is 16.0 Å². The van der Waals surface area contributed by atoms with Crippen molar-refractivity contribution in [3.8, 4) is 0 Å². The standard InChI is InChI=1S/C20H18ClF2N3O6S/c1-8-4-5-13(22)16(9(8)2)10(3)17(18-24-25-20(29)32-18)26-33(30,31)15-7-14(23)12(21)6-11(15)19(27)28/h4-7,10,17,26H,1-3H3,(H,25,29)(H,27,28)/t10-,17+/m1/s1. The van der Waals surface area contributed by atoms with E-state index in [0.29, 0.717) is 17.7 Å². The van der Waals surface area contributed by atoms with Crippen LogP contribution in [0.3, 0.4) is 0 Å². The Kier molecular flexibility index (Phi) is 6.73. The van der Waals surface area contributed by atoms with Crippen molar-refractivity contribution in [3.05, 3.63) is 79.6 Å². The molecule has 2 atom stereocenters. The van der Waals surface area contributed by atoms with Gasteiger partial charge in [-0.15, -0.1) is 5.10 Å². The summed E-state index contributed by atoms with van der Waals surface area (Å²) in [6.07, 6.45) is 0. The highest BCUT2D eigenvalue weighted by Crippen LogP contribution is 2.36. The maximum absolute atomic E-state index is 14.7. The number of aromatic amines is 1. The third-order valence-corrected chi connectivity index (χ3v) is 7.00. The van der Waals surface area contributed by atoms with E-state index >= 15 is 0 Å². The van der Waals surface area contributed by atoms with Crippen molar-refractivity contribution in [1.82, 2.24) is 14.9 Å². The first-order valence-electron chi connectivity index (χ1n) is 9.39. The van der Waals surface area contributed by atoms with Crippen LogP contribution in [0.5, 0.6) is 0 Å². The molecule has 33 heavy (non-hydrogen) atoms. The number of rotatable bonds is 7. The van der Waals surface area contributed by atoms with Crippen LogP contribution in [0, 0.1) is 25.5 Å². The summed E-state index contributed by atoms with van der Waals surface area (Å²) in [7, 11) is -4.77. The average molecular weight is 502 g/mol. The topological polar surface area (TPSA) is 142 Å². The zero-order valence-corrected chi connectivity index (χ0v) is 19.0. The molecule has 3 N–H and O–H groups in total. The molecule has 1 aromatic heterocycles. The molecule has 0 bridgehead atoms. The molecule has 0 aliphatic heterocycles. The predicted octanol–water partition coefficient (Wildman–Crippen LogP) is 3.43. The Labute approximate surface area is 191 Å². The van der Waals surface area contributed by atoms with E-state index in [1.807, 2.05) is 5.10 Å². The lowest BCUT2D eigenvalue weighted by molar-refractivity contribution is 0.0692. The van der Waals surface area contributed by atoms with E-state index in [0.717, 1.165) is 5.56 Å². The van der Waals surface area contributed by atoms with Gasteiger partial charge in [0.2, 0.25) is 15.9 Å². The van der Waals surface area contributed by atoms with Gasteiger partial charge in [0.1, 0.15) is 17.7 Å². The monoisotopic (exact) mass is 501 g/mol. The maximum atomic E-state index is 14.7. The fraction of sp³-hybridized carbons (Fsp3) is 0.250. The molecular weight excluding hydrogens is 484 g/mol. The Morgan fingerprint density at radius 3 is 2.48 bits per heavy atom. The molecule has 0 unspecified atom stereocenters. The summed E-state index contributed by atoms with van der Waals surface area (Å²) in [6.45, 7) is 4.83.